The standard InChI is InChI=1S/C18H16ClN3O/c1-12-8-13-4-2-3-5-17(13)22(12)11-18(23)21-15-7-6-14(10-20)16(19)9-15/h2-7,9,12H,8,11H2,1H3,(H,21,23)/t12-/m0/s1. The number of anilines is 2. The number of hydrogen-bond acceptors (Lipinski definition) is 3. The van der Waals surface area contributed by atoms with E-state index in [1.807, 2.05) is 24.3 Å². The summed E-state index contributed by atoms with van der Waals surface area (Å²) in [6.45, 7) is 2.40. The van der Waals surface area contributed by atoms with Crippen LogP contribution in [0.15, 0.2) is 42.5 Å². The topological polar surface area (TPSA) is 56.1 Å². The van der Waals surface area contributed by atoms with E-state index >= 15 is 0 Å². The highest BCUT2D eigenvalue weighted by Gasteiger charge is 2.26. The van der Waals surface area contributed by atoms with Crippen LogP contribution in [0, 0.1) is 11.3 Å². The van der Waals surface area contributed by atoms with Gasteiger partial charge in [0.15, 0.2) is 0 Å². The Morgan fingerprint density at radius 1 is 1.39 bits per heavy atom. The molecule has 0 bridgehead atoms. The van der Waals surface area contributed by atoms with Crippen LogP contribution in [0.5, 0.6) is 0 Å². The molecule has 0 unspecified atom stereocenters. The molecule has 0 saturated heterocycles. The summed E-state index contributed by atoms with van der Waals surface area (Å²) in [5.41, 5.74) is 3.38. The van der Waals surface area contributed by atoms with Gasteiger partial charge in [-0.15, -0.1) is 0 Å². The summed E-state index contributed by atoms with van der Waals surface area (Å²) >= 11 is 5.99. The van der Waals surface area contributed by atoms with Crippen molar-refractivity contribution in [2.45, 2.75) is 19.4 Å². The molecular weight excluding hydrogens is 310 g/mol. The third-order valence-corrected chi connectivity index (χ3v) is 4.35. The number of carbonyl (C=O) groups is 1. The number of carbonyl (C=O) groups excluding carboxylic acids is 1. The third-order valence-electron chi connectivity index (χ3n) is 4.04. The molecule has 1 N–H and O–H groups in total. The van der Waals surface area contributed by atoms with E-state index in [2.05, 4.69) is 23.2 Å². The highest BCUT2D eigenvalue weighted by Crippen LogP contribution is 2.31. The first-order valence-electron chi connectivity index (χ1n) is 7.42. The molecule has 2 aromatic carbocycles. The highest BCUT2D eigenvalue weighted by molar-refractivity contribution is 6.32. The van der Waals surface area contributed by atoms with Gasteiger partial charge in [-0.2, -0.15) is 5.26 Å². The van der Waals surface area contributed by atoms with Crippen molar-refractivity contribution in [3.8, 4) is 6.07 Å². The molecule has 116 valence electrons. The number of nitrogens with one attached hydrogen (secondary N) is 1. The lowest BCUT2D eigenvalue weighted by Crippen LogP contribution is -2.37. The number of hydrogen-bond donors (Lipinski definition) is 1. The fraction of sp³-hybridized carbons (Fsp3) is 0.222. The van der Waals surface area contributed by atoms with Crippen LogP contribution in [0.2, 0.25) is 5.02 Å². The Balaban J connectivity index is 1.71. The van der Waals surface area contributed by atoms with Gasteiger partial charge in [-0.25, -0.2) is 0 Å². The molecule has 1 atom stereocenters. The molecule has 0 fully saturated rings. The summed E-state index contributed by atoms with van der Waals surface area (Å²) in [6, 6.07) is 15.3. The number of halogens is 1. The summed E-state index contributed by atoms with van der Waals surface area (Å²) in [4.78, 5) is 14.4. The minimum Gasteiger partial charge on any atom is -0.359 e. The predicted octanol–water partition coefficient (Wildman–Crippen LogP) is 3.60. The van der Waals surface area contributed by atoms with Gasteiger partial charge in [-0.3, -0.25) is 4.79 Å². The first-order valence-corrected chi connectivity index (χ1v) is 7.80. The van der Waals surface area contributed by atoms with Gasteiger partial charge < -0.3 is 10.2 Å². The lowest BCUT2D eigenvalue weighted by atomic mass is 10.1. The number of rotatable bonds is 3. The Hall–Kier alpha value is -2.51. The maximum atomic E-state index is 12.3. The predicted molar refractivity (Wildman–Crippen MR) is 91.8 cm³/mol. The average molecular weight is 326 g/mol. The second kappa shape index (κ2) is 6.31. The molecule has 5 heteroatoms. The van der Waals surface area contributed by atoms with Crippen LogP contribution >= 0.6 is 11.6 Å². The molecule has 0 aliphatic carbocycles. The van der Waals surface area contributed by atoms with E-state index in [1.165, 1.54) is 5.56 Å². The number of fused-ring (bicyclic) bond motifs is 1. The van der Waals surface area contributed by atoms with Crippen molar-refractivity contribution in [1.82, 2.24) is 0 Å². The number of nitriles is 1. The van der Waals surface area contributed by atoms with Crippen molar-refractivity contribution < 1.29 is 4.79 Å². The molecule has 1 amide bonds. The Bertz CT molecular complexity index is 797. The normalized spacial score (nSPS) is 15.9. The van der Waals surface area contributed by atoms with Crippen molar-refractivity contribution in [1.29, 1.82) is 5.26 Å². The van der Waals surface area contributed by atoms with Gasteiger partial charge in [0.2, 0.25) is 5.91 Å². The summed E-state index contributed by atoms with van der Waals surface area (Å²) < 4.78 is 0. The molecule has 1 heterocycles. The first-order chi connectivity index (χ1) is 11.1. The summed E-state index contributed by atoms with van der Waals surface area (Å²) in [5.74, 6) is -0.102. The molecule has 0 spiro atoms. The molecule has 23 heavy (non-hydrogen) atoms. The maximum Gasteiger partial charge on any atom is 0.243 e. The Kier molecular flexibility index (Phi) is 4.22. The quantitative estimate of drug-likeness (QED) is 0.938. The monoisotopic (exact) mass is 325 g/mol. The average Bonchev–Trinajstić information content (AvgIpc) is 2.83. The van der Waals surface area contributed by atoms with Crippen LogP contribution in [0.25, 0.3) is 0 Å². The van der Waals surface area contributed by atoms with E-state index in [0.717, 1.165) is 12.1 Å². The van der Waals surface area contributed by atoms with E-state index in [0.29, 0.717) is 22.3 Å². The molecule has 0 aromatic heterocycles. The lowest BCUT2D eigenvalue weighted by Gasteiger charge is -2.24. The van der Waals surface area contributed by atoms with Crippen LogP contribution in [-0.4, -0.2) is 18.5 Å². The van der Waals surface area contributed by atoms with Gasteiger partial charge in [0.1, 0.15) is 6.07 Å². The second-order valence-corrected chi connectivity index (χ2v) is 6.07. The zero-order chi connectivity index (χ0) is 16.4. The van der Waals surface area contributed by atoms with Crippen molar-refractivity contribution in [2.75, 3.05) is 16.8 Å². The minimum atomic E-state index is -0.102. The van der Waals surface area contributed by atoms with Crippen LogP contribution in [0.3, 0.4) is 0 Å². The van der Waals surface area contributed by atoms with Gasteiger partial charge in [0.25, 0.3) is 0 Å². The van der Waals surface area contributed by atoms with E-state index in [1.54, 1.807) is 18.2 Å². The van der Waals surface area contributed by atoms with Crippen LogP contribution < -0.4 is 10.2 Å². The van der Waals surface area contributed by atoms with E-state index < -0.39 is 0 Å². The summed E-state index contributed by atoms with van der Waals surface area (Å²) in [7, 11) is 0. The van der Waals surface area contributed by atoms with Gasteiger partial charge in [0, 0.05) is 17.4 Å². The maximum absolute atomic E-state index is 12.3. The van der Waals surface area contributed by atoms with Crippen LogP contribution in [0.1, 0.15) is 18.1 Å². The van der Waals surface area contributed by atoms with Crippen molar-refractivity contribution >= 4 is 28.9 Å². The SMILES string of the molecule is C[C@H]1Cc2ccccc2N1CC(=O)Nc1ccc(C#N)c(Cl)c1. The third kappa shape index (κ3) is 3.15. The van der Waals surface area contributed by atoms with E-state index in [-0.39, 0.29) is 12.5 Å². The summed E-state index contributed by atoms with van der Waals surface area (Å²) in [5, 5.41) is 12.1. The van der Waals surface area contributed by atoms with E-state index in [9.17, 15) is 4.79 Å². The van der Waals surface area contributed by atoms with Gasteiger partial charge >= 0.3 is 0 Å². The molecule has 2 aromatic rings. The van der Waals surface area contributed by atoms with Gasteiger partial charge in [0.05, 0.1) is 17.1 Å². The molecule has 0 radical (unpaired) electrons. The molecule has 1 aliphatic heterocycles. The van der Waals surface area contributed by atoms with Gasteiger partial charge in [-0.05, 0) is 43.2 Å². The van der Waals surface area contributed by atoms with Crippen molar-refractivity contribution in [3.05, 3.63) is 58.6 Å². The fourth-order valence-corrected chi connectivity index (χ4v) is 3.13. The largest absolute Gasteiger partial charge is 0.359 e. The molecular formula is C18H16ClN3O. The number of para-hydroxylation sites is 1. The molecule has 0 saturated carbocycles. The fourth-order valence-electron chi connectivity index (χ4n) is 2.91. The number of nitrogens with zero attached hydrogens (tertiary/aromatic N) is 2. The first kappa shape index (κ1) is 15.4. The molecule has 3 rings (SSSR count). The van der Waals surface area contributed by atoms with E-state index in [4.69, 9.17) is 16.9 Å². The zero-order valence-corrected chi connectivity index (χ0v) is 13.5. The molecule has 4 nitrogen and oxygen atoms in total. The number of amides is 1. The van der Waals surface area contributed by atoms with Gasteiger partial charge in [-0.1, -0.05) is 29.8 Å². The highest BCUT2D eigenvalue weighted by atomic mass is 35.5. The summed E-state index contributed by atoms with van der Waals surface area (Å²) in [6.07, 6.45) is 0.951. The Morgan fingerprint density at radius 3 is 2.91 bits per heavy atom. The number of benzene rings is 2. The lowest BCUT2D eigenvalue weighted by molar-refractivity contribution is -0.115. The Morgan fingerprint density at radius 2 is 2.17 bits per heavy atom. The zero-order valence-electron chi connectivity index (χ0n) is 12.7. The molecule has 1 aliphatic rings. The van der Waals surface area contributed by atoms with Crippen LogP contribution in [0.4, 0.5) is 11.4 Å². The smallest absolute Gasteiger partial charge is 0.243 e. The second-order valence-electron chi connectivity index (χ2n) is 5.66. The Labute approximate surface area is 140 Å². The minimum absolute atomic E-state index is 0.102. The van der Waals surface area contributed by atoms with Crippen molar-refractivity contribution in [2.24, 2.45) is 0 Å². The van der Waals surface area contributed by atoms with Crippen molar-refractivity contribution in [3.63, 3.8) is 0 Å². The van der Waals surface area contributed by atoms with Crippen LogP contribution in [-0.2, 0) is 11.2 Å².